The Balaban J connectivity index is 1.19. The number of nitrogens with zero attached hydrogens (tertiary/aromatic N) is 1. The number of carbonyl (C=O) groups excluding carboxylic acids is 3. The Bertz CT molecular complexity index is 1450. The summed E-state index contributed by atoms with van der Waals surface area (Å²) in [4.78, 5) is 38.1. The van der Waals surface area contributed by atoms with Gasteiger partial charge in [-0.15, -0.1) is 0 Å². The normalized spacial score (nSPS) is 18.1. The summed E-state index contributed by atoms with van der Waals surface area (Å²) in [6.45, 7) is 0.988. The molecule has 4 aromatic rings. The highest BCUT2D eigenvalue weighted by atomic mass is 16.3. The first-order valence-electron chi connectivity index (χ1n) is 11.0. The number of benzene rings is 3. The lowest BCUT2D eigenvalue weighted by atomic mass is 10.0. The van der Waals surface area contributed by atoms with Gasteiger partial charge in [-0.1, -0.05) is 24.3 Å². The van der Waals surface area contributed by atoms with Crippen molar-refractivity contribution in [1.29, 1.82) is 0 Å². The Morgan fingerprint density at radius 3 is 2.70 bits per heavy atom. The van der Waals surface area contributed by atoms with Gasteiger partial charge in [0.2, 0.25) is 11.8 Å². The zero-order chi connectivity index (χ0) is 22.5. The molecule has 2 aliphatic rings. The van der Waals surface area contributed by atoms with E-state index in [1.807, 2.05) is 42.5 Å². The third-order valence-electron chi connectivity index (χ3n) is 6.46. The Hall–Kier alpha value is -4.13. The van der Waals surface area contributed by atoms with Gasteiger partial charge in [-0.2, -0.15) is 0 Å². The molecular weight excluding hydrogens is 418 g/mol. The molecule has 6 rings (SSSR count). The van der Waals surface area contributed by atoms with E-state index < -0.39 is 11.9 Å². The average molecular weight is 439 g/mol. The first-order chi connectivity index (χ1) is 16.1. The van der Waals surface area contributed by atoms with Crippen LogP contribution in [0, 0.1) is 0 Å². The van der Waals surface area contributed by atoms with E-state index in [1.165, 1.54) is 0 Å². The smallest absolute Gasteiger partial charge is 0.255 e. The van der Waals surface area contributed by atoms with Gasteiger partial charge < -0.3 is 14.6 Å². The zero-order valence-corrected chi connectivity index (χ0v) is 17.8. The van der Waals surface area contributed by atoms with Gasteiger partial charge in [-0.3, -0.25) is 19.7 Å². The number of furan rings is 1. The number of hydrogen-bond donors (Lipinski definition) is 2. The van der Waals surface area contributed by atoms with E-state index in [0.29, 0.717) is 25.1 Å². The molecule has 0 spiro atoms. The van der Waals surface area contributed by atoms with Crippen LogP contribution in [0.3, 0.4) is 0 Å². The second-order valence-corrected chi connectivity index (χ2v) is 8.55. The van der Waals surface area contributed by atoms with Crippen LogP contribution in [0.4, 0.5) is 5.69 Å². The number of rotatable bonds is 4. The molecule has 0 bridgehead atoms. The maximum atomic E-state index is 12.9. The van der Waals surface area contributed by atoms with Gasteiger partial charge in [0.1, 0.15) is 17.2 Å². The third kappa shape index (κ3) is 3.33. The van der Waals surface area contributed by atoms with Crippen LogP contribution in [0.15, 0.2) is 65.1 Å². The van der Waals surface area contributed by atoms with Crippen LogP contribution in [0.25, 0.3) is 21.9 Å². The first kappa shape index (κ1) is 19.5. The van der Waals surface area contributed by atoms with Crippen LogP contribution in [0.1, 0.15) is 34.3 Å². The molecule has 33 heavy (non-hydrogen) atoms. The van der Waals surface area contributed by atoms with Crippen molar-refractivity contribution in [2.45, 2.75) is 32.0 Å². The number of hydrogen-bond acceptors (Lipinski definition) is 5. The highest BCUT2D eigenvalue weighted by Gasteiger charge is 2.39. The van der Waals surface area contributed by atoms with E-state index >= 15 is 0 Å². The molecule has 0 aliphatic carbocycles. The van der Waals surface area contributed by atoms with Gasteiger partial charge in [0.05, 0.1) is 0 Å². The Morgan fingerprint density at radius 2 is 1.82 bits per heavy atom. The number of imide groups is 1. The van der Waals surface area contributed by atoms with Crippen molar-refractivity contribution < 1.29 is 18.8 Å². The van der Waals surface area contributed by atoms with Crippen LogP contribution in [-0.2, 0) is 22.7 Å². The summed E-state index contributed by atoms with van der Waals surface area (Å²) < 4.78 is 5.90. The van der Waals surface area contributed by atoms with Gasteiger partial charge in [0.15, 0.2) is 0 Å². The molecule has 0 radical (unpaired) electrons. The molecule has 2 aliphatic heterocycles. The summed E-state index contributed by atoms with van der Waals surface area (Å²) >= 11 is 0. The predicted molar refractivity (Wildman–Crippen MR) is 124 cm³/mol. The first-order valence-corrected chi connectivity index (χ1v) is 11.0. The van der Waals surface area contributed by atoms with Crippen LogP contribution in [-0.4, -0.2) is 28.7 Å². The Morgan fingerprint density at radius 1 is 0.970 bits per heavy atom. The number of anilines is 1. The summed E-state index contributed by atoms with van der Waals surface area (Å²) in [6, 6.07) is 19.2. The number of para-hydroxylation sites is 1. The van der Waals surface area contributed by atoms with Crippen molar-refractivity contribution in [2.75, 3.05) is 5.32 Å². The molecule has 3 amide bonds. The molecule has 164 valence electrons. The molecule has 3 aromatic carbocycles. The minimum absolute atomic E-state index is 0.164. The molecule has 1 unspecified atom stereocenters. The minimum atomic E-state index is -0.601. The molecule has 2 N–H and O–H groups in total. The molecule has 1 fully saturated rings. The number of nitrogens with one attached hydrogen (secondary N) is 2. The quantitative estimate of drug-likeness (QED) is 0.470. The Labute approximate surface area is 189 Å². The van der Waals surface area contributed by atoms with Crippen LogP contribution in [0.2, 0.25) is 0 Å². The molecule has 1 atom stereocenters. The second kappa shape index (κ2) is 7.48. The largest absolute Gasteiger partial charge is 0.456 e. The maximum absolute atomic E-state index is 12.9. The van der Waals surface area contributed by atoms with Crippen molar-refractivity contribution in [3.63, 3.8) is 0 Å². The van der Waals surface area contributed by atoms with Crippen molar-refractivity contribution in [2.24, 2.45) is 0 Å². The topological polar surface area (TPSA) is 91.7 Å². The minimum Gasteiger partial charge on any atom is -0.456 e. The van der Waals surface area contributed by atoms with E-state index in [0.717, 1.165) is 38.8 Å². The molecular formula is C26H21N3O4. The monoisotopic (exact) mass is 439 g/mol. The van der Waals surface area contributed by atoms with Gasteiger partial charge in [-0.05, 0) is 53.9 Å². The van der Waals surface area contributed by atoms with Gasteiger partial charge >= 0.3 is 0 Å². The standard InChI is InChI=1S/C26H21N3O4/c30-24-10-8-21(25(31)28-24)29-14-16-12-17(6-7-18(16)26(29)32)27-13-15-5-9-23-20(11-15)19-3-1-2-4-22(19)33-23/h1-7,9,11-12,21,27H,8,10,13-14H2,(H,28,30,31). The van der Waals surface area contributed by atoms with Gasteiger partial charge in [0, 0.05) is 41.5 Å². The fourth-order valence-electron chi connectivity index (χ4n) is 4.77. The van der Waals surface area contributed by atoms with Crippen molar-refractivity contribution in [3.05, 3.63) is 77.4 Å². The van der Waals surface area contributed by atoms with Crippen LogP contribution in [0.5, 0.6) is 0 Å². The summed E-state index contributed by atoms with van der Waals surface area (Å²) in [5.41, 5.74) is 5.26. The molecule has 7 nitrogen and oxygen atoms in total. The molecule has 1 saturated heterocycles. The number of carbonyl (C=O) groups is 3. The maximum Gasteiger partial charge on any atom is 0.255 e. The molecule has 7 heteroatoms. The lowest BCUT2D eigenvalue weighted by Gasteiger charge is -2.29. The van der Waals surface area contributed by atoms with E-state index in [2.05, 4.69) is 22.8 Å². The molecule has 3 heterocycles. The average Bonchev–Trinajstić information content (AvgIpc) is 3.35. The lowest BCUT2D eigenvalue weighted by Crippen LogP contribution is -2.52. The fraction of sp³-hybridized carbons (Fsp3) is 0.192. The highest BCUT2D eigenvalue weighted by molar-refractivity contribution is 6.06. The predicted octanol–water partition coefficient (Wildman–Crippen LogP) is 3.96. The fourth-order valence-corrected chi connectivity index (χ4v) is 4.77. The highest BCUT2D eigenvalue weighted by Crippen LogP contribution is 2.31. The van der Waals surface area contributed by atoms with E-state index in [4.69, 9.17) is 4.42 Å². The van der Waals surface area contributed by atoms with Crippen molar-refractivity contribution >= 4 is 45.3 Å². The molecule has 1 aromatic heterocycles. The number of amides is 3. The SMILES string of the molecule is O=C1CCC(N2Cc3cc(NCc4ccc5oc6ccccc6c5c4)ccc3C2=O)C(=O)N1. The van der Waals surface area contributed by atoms with Crippen LogP contribution >= 0.6 is 0 Å². The van der Waals surface area contributed by atoms with Gasteiger partial charge in [-0.25, -0.2) is 0 Å². The van der Waals surface area contributed by atoms with E-state index in [9.17, 15) is 14.4 Å². The van der Waals surface area contributed by atoms with E-state index in [1.54, 1.807) is 11.0 Å². The summed E-state index contributed by atoms with van der Waals surface area (Å²) in [5, 5.41) is 7.95. The second-order valence-electron chi connectivity index (χ2n) is 8.55. The number of piperidine rings is 1. The number of fused-ring (bicyclic) bond motifs is 4. The summed E-state index contributed by atoms with van der Waals surface area (Å²) in [5.74, 6) is -0.843. The summed E-state index contributed by atoms with van der Waals surface area (Å²) in [7, 11) is 0. The Kier molecular flexibility index (Phi) is 4.43. The summed E-state index contributed by atoms with van der Waals surface area (Å²) in [6.07, 6.45) is 0.611. The third-order valence-corrected chi connectivity index (χ3v) is 6.46. The van der Waals surface area contributed by atoms with Gasteiger partial charge in [0.25, 0.3) is 5.91 Å². The van der Waals surface area contributed by atoms with Crippen LogP contribution < -0.4 is 10.6 Å². The van der Waals surface area contributed by atoms with Crippen molar-refractivity contribution in [1.82, 2.24) is 10.2 Å². The van der Waals surface area contributed by atoms with Crippen molar-refractivity contribution in [3.8, 4) is 0 Å². The van der Waals surface area contributed by atoms with E-state index in [-0.39, 0.29) is 18.2 Å². The zero-order valence-electron chi connectivity index (χ0n) is 17.8. The lowest BCUT2D eigenvalue weighted by molar-refractivity contribution is -0.136. The molecule has 0 saturated carbocycles.